The highest BCUT2D eigenvalue weighted by Crippen LogP contribution is 2.39. The number of benzene rings is 1. The van der Waals surface area contributed by atoms with E-state index in [-0.39, 0.29) is 17.6 Å². The molecule has 162 valence electrons. The largest absolute Gasteiger partial charge is 0.378 e. The van der Waals surface area contributed by atoms with Crippen molar-refractivity contribution in [3.8, 4) is 0 Å². The van der Waals surface area contributed by atoms with Gasteiger partial charge >= 0.3 is 0 Å². The van der Waals surface area contributed by atoms with Crippen LogP contribution >= 0.6 is 0 Å². The molecule has 2 aliphatic rings. The Labute approximate surface area is 177 Å². The van der Waals surface area contributed by atoms with Crippen molar-refractivity contribution >= 4 is 11.6 Å². The van der Waals surface area contributed by atoms with Crippen LogP contribution in [0, 0.1) is 0 Å². The molecule has 0 N–H and O–H groups in total. The summed E-state index contributed by atoms with van der Waals surface area (Å²) in [7, 11) is 4.15. The molecule has 2 heterocycles. The van der Waals surface area contributed by atoms with Crippen LogP contribution in [0.15, 0.2) is 24.3 Å². The molecule has 0 aliphatic carbocycles. The monoisotopic (exact) mass is 401 g/mol. The summed E-state index contributed by atoms with van der Waals surface area (Å²) in [4.78, 5) is 18.9. The Bertz CT molecular complexity index is 657. The summed E-state index contributed by atoms with van der Waals surface area (Å²) in [6, 6.07) is 8.88. The van der Waals surface area contributed by atoms with Crippen LogP contribution in [0.1, 0.15) is 57.9 Å². The van der Waals surface area contributed by atoms with Gasteiger partial charge in [-0.3, -0.25) is 9.69 Å². The highest BCUT2D eigenvalue weighted by molar-refractivity contribution is 5.76. The molecular formula is C24H39N3O2. The van der Waals surface area contributed by atoms with Crippen LogP contribution in [0.25, 0.3) is 0 Å². The second-order valence-electron chi connectivity index (χ2n) is 8.94. The topological polar surface area (TPSA) is 36.0 Å². The van der Waals surface area contributed by atoms with Crippen molar-refractivity contribution in [2.24, 2.45) is 0 Å². The summed E-state index contributed by atoms with van der Waals surface area (Å²) in [5.74, 6) is 0.269. The predicted molar refractivity (Wildman–Crippen MR) is 119 cm³/mol. The summed E-state index contributed by atoms with van der Waals surface area (Å²) >= 11 is 0. The van der Waals surface area contributed by atoms with E-state index < -0.39 is 0 Å². The molecule has 2 atom stereocenters. The number of ether oxygens (including phenoxy) is 1. The van der Waals surface area contributed by atoms with Crippen molar-refractivity contribution in [1.29, 1.82) is 0 Å². The Balaban J connectivity index is 1.50. The van der Waals surface area contributed by atoms with E-state index in [2.05, 4.69) is 48.2 Å². The van der Waals surface area contributed by atoms with Gasteiger partial charge in [0.15, 0.2) is 0 Å². The molecule has 0 radical (unpaired) electrons. The van der Waals surface area contributed by atoms with E-state index in [1.54, 1.807) is 0 Å². The molecule has 5 nitrogen and oxygen atoms in total. The third-order valence-corrected chi connectivity index (χ3v) is 6.61. The van der Waals surface area contributed by atoms with Gasteiger partial charge in [-0.1, -0.05) is 12.1 Å². The average molecular weight is 402 g/mol. The first-order chi connectivity index (χ1) is 13.9. The molecule has 1 aromatic carbocycles. The van der Waals surface area contributed by atoms with Crippen molar-refractivity contribution in [1.82, 2.24) is 9.80 Å². The van der Waals surface area contributed by atoms with Crippen molar-refractivity contribution in [3.05, 3.63) is 29.8 Å². The molecule has 3 rings (SSSR count). The molecule has 5 heteroatoms. The number of amides is 1. The highest BCUT2D eigenvalue weighted by atomic mass is 16.5. The maximum atomic E-state index is 12.3. The first-order valence-electron chi connectivity index (χ1n) is 11.4. The predicted octanol–water partition coefficient (Wildman–Crippen LogP) is 3.91. The lowest BCUT2D eigenvalue weighted by Gasteiger charge is -2.40. The number of nitrogens with zero attached hydrogens (tertiary/aromatic N) is 3. The lowest BCUT2D eigenvalue weighted by Crippen LogP contribution is -2.47. The minimum absolute atomic E-state index is 0.00470. The third-order valence-electron chi connectivity index (χ3n) is 6.61. The van der Waals surface area contributed by atoms with Gasteiger partial charge < -0.3 is 14.5 Å². The number of carbonyl (C=O) groups excluding carboxylic acids is 1. The van der Waals surface area contributed by atoms with Crippen molar-refractivity contribution < 1.29 is 9.53 Å². The van der Waals surface area contributed by atoms with E-state index in [0.717, 1.165) is 58.4 Å². The number of rotatable bonds is 8. The van der Waals surface area contributed by atoms with Gasteiger partial charge in [0.2, 0.25) is 5.91 Å². The number of anilines is 1. The van der Waals surface area contributed by atoms with Crippen LogP contribution in [0.5, 0.6) is 0 Å². The summed E-state index contributed by atoms with van der Waals surface area (Å²) in [5.41, 5.74) is 2.61. The van der Waals surface area contributed by atoms with Crippen molar-refractivity contribution in [3.63, 3.8) is 0 Å². The number of likely N-dealkylation sites (tertiary alicyclic amines) is 1. The van der Waals surface area contributed by atoms with E-state index >= 15 is 0 Å². The molecule has 2 fully saturated rings. The Morgan fingerprint density at radius 3 is 2.55 bits per heavy atom. The lowest BCUT2D eigenvalue weighted by molar-refractivity contribution is -0.132. The van der Waals surface area contributed by atoms with Gasteiger partial charge in [-0.2, -0.15) is 0 Å². The van der Waals surface area contributed by atoms with Gasteiger partial charge in [0.1, 0.15) is 0 Å². The van der Waals surface area contributed by atoms with E-state index in [0.29, 0.717) is 6.42 Å². The Morgan fingerprint density at radius 1 is 1.17 bits per heavy atom. The number of carbonyl (C=O) groups is 1. The molecule has 0 aromatic heterocycles. The van der Waals surface area contributed by atoms with Gasteiger partial charge in [0.25, 0.3) is 0 Å². The zero-order chi connectivity index (χ0) is 20.9. The van der Waals surface area contributed by atoms with Crippen LogP contribution in [-0.4, -0.2) is 67.7 Å². The Hall–Kier alpha value is -1.59. The van der Waals surface area contributed by atoms with E-state index in [9.17, 15) is 4.79 Å². The molecule has 1 amide bonds. The Kier molecular flexibility index (Phi) is 7.58. The summed E-state index contributed by atoms with van der Waals surface area (Å²) in [5, 5.41) is 0. The van der Waals surface area contributed by atoms with Gasteiger partial charge in [0, 0.05) is 52.4 Å². The molecule has 0 unspecified atom stereocenters. The van der Waals surface area contributed by atoms with Crippen LogP contribution < -0.4 is 4.90 Å². The second-order valence-corrected chi connectivity index (χ2v) is 8.94. The zero-order valence-electron chi connectivity index (χ0n) is 18.8. The molecule has 0 bridgehead atoms. The SMILES string of the molecule is CCN(CC)C(=O)CC[C@H]1CC[C@]2(CCCN(Cc3ccc(N(C)C)cc3)C2)O1. The molecule has 2 aliphatic heterocycles. The molecule has 0 saturated carbocycles. The molecule has 29 heavy (non-hydrogen) atoms. The minimum Gasteiger partial charge on any atom is -0.378 e. The van der Waals surface area contributed by atoms with E-state index in [1.807, 2.05) is 18.7 Å². The fraction of sp³-hybridized carbons (Fsp3) is 0.708. The smallest absolute Gasteiger partial charge is 0.222 e. The summed E-state index contributed by atoms with van der Waals surface area (Å²) in [6.07, 6.45) is 6.30. The first-order valence-corrected chi connectivity index (χ1v) is 11.4. The fourth-order valence-corrected chi connectivity index (χ4v) is 4.90. The summed E-state index contributed by atoms with van der Waals surface area (Å²) < 4.78 is 6.59. The normalized spacial score (nSPS) is 24.8. The standard InChI is InChI=1S/C24H39N3O2/c1-5-27(6-2)23(28)13-12-22-14-16-24(29-22)15-7-17-26(19-24)18-20-8-10-21(11-9-20)25(3)4/h8-11,22H,5-7,12-19H2,1-4H3/t22-,24-/m0/s1. The maximum Gasteiger partial charge on any atom is 0.222 e. The van der Waals surface area contributed by atoms with E-state index in [4.69, 9.17) is 4.74 Å². The van der Waals surface area contributed by atoms with E-state index in [1.165, 1.54) is 17.7 Å². The Morgan fingerprint density at radius 2 is 1.90 bits per heavy atom. The lowest BCUT2D eigenvalue weighted by atomic mass is 9.89. The quantitative estimate of drug-likeness (QED) is 0.662. The van der Waals surface area contributed by atoms with Crippen molar-refractivity contribution in [2.75, 3.05) is 45.2 Å². The minimum atomic E-state index is 0.00470. The number of hydrogen-bond donors (Lipinski definition) is 0. The van der Waals surface area contributed by atoms with Gasteiger partial charge in [-0.05, 0) is 70.2 Å². The fourth-order valence-electron chi connectivity index (χ4n) is 4.90. The van der Waals surface area contributed by atoms with Crippen LogP contribution in [-0.2, 0) is 16.1 Å². The second kappa shape index (κ2) is 9.94. The third kappa shape index (κ3) is 5.73. The number of hydrogen-bond acceptors (Lipinski definition) is 4. The van der Waals surface area contributed by atoms with Gasteiger partial charge in [-0.25, -0.2) is 0 Å². The molecular weight excluding hydrogens is 362 g/mol. The van der Waals surface area contributed by atoms with Gasteiger partial charge in [0.05, 0.1) is 11.7 Å². The van der Waals surface area contributed by atoms with Crippen LogP contribution in [0.3, 0.4) is 0 Å². The molecule has 1 spiro atoms. The molecule has 2 saturated heterocycles. The van der Waals surface area contributed by atoms with Gasteiger partial charge in [-0.15, -0.1) is 0 Å². The highest BCUT2D eigenvalue weighted by Gasteiger charge is 2.43. The van der Waals surface area contributed by atoms with Crippen molar-refractivity contribution in [2.45, 2.75) is 70.6 Å². The zero-order valence-corrected chi connectivity index (χ0v) is 18.8. The number of piperidine rings is 1. The average Bonchev–Trinajstić information content (AvgIpc) is 3.09. The summed E-state index contributed by atoms with van der Waals surface area (Å²) in [6.45, 7) is 8.85. The first kappa shape index (κ1) is 22.1. The van der Waals surface area contributed by atoms with Crippen LogP contribution in [0.4, 0.5) is 5.69 Å². The maximum absolute atomic E-state index is 12.3. The van der Waals surface area contributed by atoms with Crippen LogP contribution in [0.2, 0.25) is 0 Å². The molecule has 1 aromatic rings.